The highest BCUT2D eigenvalue weighted by molar-refractivity contribution is 5.94. The monoisotopic (exact) mass is 293 g/mol. The van der Waals surface area contributed by atoms with Crippen molar-refractivity contribution in [3.63, 3.8) is 0 Å². The molecule has 0 atom stereocenters. The molecule has 1 heterocycles. The van der Waals surface area contributed by atoms with Gasteiger partial charge in [-0.15, -0.1) is 0 Å². The summed E-state index contributed by atoms with van der Waals surface area (Å²) in [7, 11) is 0. The second kappa shape index (κ2) is 9.07. The molecule has 1 aromatic rings. The number of hydrogen-bond donors (Lipinski definition) is 1. The van der Waals surface area contributed by atoms with Crippen molar-refractivity contribution in [2.45, 2.75) is 20.3 Å². The Morgan fingerprint density at radius 1 is 1.19 bits per heavy atom. The van der Waals surface area contributed by atoms with E-state index in [9.17, 15) is 9.59 Å². The zero-order valence-electron chi connectivity index (χ0n) is 12.7. The van der Waals surface area contributed by atoms with Gasteiger partial charge in [0, 0.05) is 32.0 Å². The number of carboxylic acid groups (broad SMARTS) is 1. The Labute approximate surface area is 125 Å². The average molecular weight is 293 g/mol. The van der Waals surface area contributed by atoms with Crippen molar-refractivity contribution >= 4 is 11.9 Å². The standard InChI is InChI=1S/C15H23N3O3/c1-3-17(4-2)10-11-18(9-7-14(19)20)15(21)13-6-5-8-16-12-13/h5-6,8,12H,3-4,7,9-11H2,1-2H3,(H,19,20). The lowest BCUT2D eigenvalue weighted by Crippen LogP contribution is -2.39. The highest BCUT2D eigenvalue weighted by atomic mass is 16.4. The summed E-state index contributed by atoms with van der Waals surface area (Å²) in [5, 5.41) is 8.82. The first kappa shape index (κ1) is 17.1. The summed E-state index contributed by atoms with van der Waals surface area (Å²) in [6.45, 7) is 7.41. The van der Waals surface area contributed by atoms with E-state index < -0.39 is 5.97 Å². The fourth-order valence-electron chi connectivity index (χ4n) is 2.02. The molecule has 1 rings (SSSR count). The van der Waals surface area contributed by atoms with Gasteiger partial charge < -0.3 is 14.9 Å². The molecule has 0 unspecified atom stereocenters. The number of carboxylic acids is 1. The van der Waals surface area contributed by atoms with E-state index in [2.05, 4.69) is 23.7 Å². The molecule has 0 saturated heterocycles. The highest BCUT2D eigenvalue weighted by Crippen LogP contribution is 2.05. The maximum Gasteiger partial charge on any atom is 0.305 e. The van der Waals surface area contributed by atoms with Crippen LogP contribution in [0.4, 0.5) is 0 Å². The largest absolute Gasteiger partial charge is 0.481 e. The maximum atomic E-state index is 12.4. The summed E-state index contributed by atoms with van der Waals surface area (Å²) in [6, 6.07) is 3.40. The topological polar surface area (TPSA) is 73.7 Å². The summed E-state index contributed by atoms with van der Waals surface area (Å²) in [4.78, 5) is 30.9. The third kappa shape index (κ3) is 5.91. The quantitative estimate of drug-likeness (QED) is 0.744. The summed E-state index contributed by atoms with van der Waals surface area (Å²) in [5.74, 6) is -1.07. The van der Waals surface area contributed by atoms with Gasteiger partial charge >= 0.3 is 5.97 Å². The normalized spacial score (nSPS) is 10.6. The second-order valence-electron chi connectivity index (χ2n) is 4.70. The van der Waals surface area contributed by atoms with E-state index in [1.54, 1.807) is 23.2 Å². The lowest BCUT2D eigenvalue weighted by atomic mass is 10.2. The summed E-state index contributed by atoms with van der Waals surface area (Å²) >= 11 is 0. The fraction of sp³-hybridized carbons (Fsp3) is 0.533. The van der Waals surface area contributed by atoms with Crippen LogP contribution >= 0.6 is 0 Å². The van der Waals surface area contributed by atoms with Gasteiger partial charge in [-0.2, -0.15) is 0 Å². The van der Waals surface area contributed by atoms with Gasteiger partial charge in [0.15, 0.2) is 0 Å². The van der Waals surface area contributed by atoms with Gasteiger partial charge in [-0.05, 0) is 25.2 Å². The van der Waals surface area contributed by atoms with Gasteiger partial charge in [0.25, 0.3) is 5.91 Å². The molecule has 0 spiro atoms. The molecule has 0 bridgehead atoms. The first-order chi connectivity index (χ1) is 10.1. The van der Waals surface area contributed by atoms with Gasteiger partial charge in [-0.3, -0.25) is 14.6 Å². The zero-order valence-corrected chi connectivity index (χ0v) is 12.7. The third-order valence-corrected chi connectivity index (χ3v) is 3.37. The third-order valence-electron chi connectivity index (χ3n) is 3.37. The van der Waals surface area contributed by atoms with Crippen LogP contribution in [0.3, 0.4) is 0 Å². The minimum atomic E-state index is -0.901. The number of aromatic nitrogens is 1. The van der Waals surface area contributed by atoms with Gasteiger partial charge in [-0.1, -0.05) is 13.8 Å². The molecule has 0 aliphatic heterocycles. The van der Waals surface area contributed by atoms with Crippen LogP contribution in [0.2, 0.25) is 0 Å². The number of likely N-dealkylation sites (N-methyl/N-ethyl adjacent to an activating group) is 1. The van der Waals surface area contributed by atoms with Crippen LogP contribution in [-0.4, -0.2) is 64.5 Å². The second-order valence-corrected chi connectivity index (χ2v) is 4.70. The molecule has 1 N–H and O–H groups in total. The summed E-state index contributed by atoms with van der Waals surface area (Å²) in [6.07, 6.45) is 3.06. The zero-order chi connectivity index (χ0) is 15.7. The van der Waals surface area contributed by atoms with E-state index in [0.717, 1.165) is 19.6 Å². The minimum Gasteiger partial charge on any atom is -0.481 e. The fourth-order valence-corrected chi connectivity index (χ4v) is 2.02. The summed E-state index contributed by atoms with van der Waals surface area (Å²) < 4.78 is 0. The van der Waals surface area contributed by atoms with Gasteiger partial charge in [0.1, 0.15) is 0 Å². The molecule has 0 radical (unpaired) electrons. The average Bonchev–Trinajstić information content (AvgIpc) is 2.51. The minimum absolute atomic E-state index is 0.0513. The number of hydrogen-bond acceptors (Lipinski definition) is 4. The first-order valence-corrected chi connectivity index (χ1v) is 7.21. The summed E-state index contributed by atoms with van der Waals surface area (Å²) in [5.41, 5.74) is 0.488. The van der Waals surface area contributed by atoms with Gasteiger partial charge in [0.2, 0.25) is 0 Å². The Hall–Kier alpha value is -1.95. The molecular formula is C15H23N3O3. The van der Waals surface area contributed by atoms with Crippen LogP contribution in [0, 0.1) is 0 Å². The van der Waals surface area contributed by atoms with Crippen LogP contribution in [0.15, 0.2) is 24.5 Å². The molecule has 0 aliphatic carbocycles. The molecule has 0 aromatic carbocycles. The smallest absolute Gasteiger partial charge is 0.305 e. The van der Waals surface area contributed by atoms with Crippen LogP contribution in [0.25, 0.3) is 0 Å². The van der Waals surface area contributed by atoms with Crippen molar-refractivity contribution in [1.29, 1.82) is 0 Å². The number of carbonyl (C=O) groups excluding carboxylic acids is 1. The number of nitrogens with zero attached hydrogens (tertiary/aromatic N) is 3. The van der Waals surface area contributed by atoms with E-state index in [-0.39, 0.29) is 18.9 Å². The van der Waals surface area contributed by atoms with E-state index in [1.165, 1.54) is 6.20 Å². The SMILES string of the molecule is CCN(CC)CCN(CCC(=O)O)C(=O)c1cccnc1. The lowest BCUT2D eigenvalue weighted by Gasteiger charge is -2.26. The van der Waals surface area contributed by atoms with E-state index in [4.69, 9.17) is 5.11 Å². The van der Waals surface area contributed by atoms with Crippen molar-refractivity contribution in [3.05, 3.63) is 30.1 Å². The number of rotatable bonds is 9. The number of amides is 1. The number of carbonyl (C=O) groups is 2. The predicted octanol–water partition coefficient (Wildman–Crippen LogP) is 1.34. The van der Waals surface area contributed by atoms with Crippen molar-refractivity contribution in [2.75, 3.05) is 32.7 Å². The Kier molecular flexibility index (Phi) is 7.39. The molecule has 0 fully saturated rings. The van der Waals surface area contributed by atoms with Crippen LogP contribution in [0.1, 0.15) is 30.6 Å². The number of aliphatic carboxylic acids is 1. The molecule has 0 aliphatic rings. The van der Waals surface area contributed by atoms with Crippen LogP contribution in [-0.2, 0) is 4.79 Å². The Morgan fingerprint density at radius 3 is 2.43 bits per heavy atom. The molecule has 116 valence electrons. The van der Waals surface area contributed by atoms with Gasteiger partial charge in [0.05, 0.1) is 12.0 Å². The van der Waals surface area contributed by atoms with Crippen molar-refractivity contribution in [3.8, 4) is 0 Å². The molecule has 21 heavy (non-hydrogen) atoms. The van der Waals surface area contributed by atoms with Crippen molar-refractivity contribution in [1.82, 2.24) is 14.8 Å². The van der Waals surface area contributed by atoms with E-state index in [1.807, 2.05) is 0 Å². The van der Waals surface area contributed by atoms with E-state index in [0.29, 0.717) is 12.1 Å². The Morgan fingerprint density at radius 2 is 1.90 bits per heavy atom. The van der Waals surface area contributed by atoms with Crippen LogP contribution < -0.4 is 0 Å². The molecule has 1 aromatic heterocycles. The Balaban J connectivity index is 2.71. The molecule has 1 amide bonds. The molecule has 0 saturated carbocycles. The maximum absolute atomic E-state index is 12.4. The lowest BCUT2D eigenvalue weighted by molar-refractivity contribution is -0.137. The number of pyridine rings is 1. The van der Waals surface area contributed by atoms with Crippen molar-refractivity contribution < 1.29 is 14.7 Å². The Bertz CT molecular complexity index is 447. The highest BCUT2D eigenvalue weighted by Gasteiger charge is 2.17. The molecule has 6 nitrogen and oxygen atoms in total. The first-order valence-electron chi connectivity index (χ1n) is 7.21. The predicted molar refractivity (Wildman–Crippen MR) is 80.2 cm³/mol. The van der Waals surface area contributed by atoms with Crippen LogP contribution in [0.5, 0.6) is 0 Å². The van der Waals surface area contributed by atoms with E-state index >= 15 is 0 Å². The van der Waals surface area contributed by atoms with Gasteiger partial charge in [-0.25, -0.2) is 0 Å². The molecular weight excluding hydrogens is 270 g/mol. The molecule has 6 heteroatoms. The van der Waals surface area contributed by atoms with Crippen molar-refractivity contribution in [2.24, 2.45) is 0 Å².